The number of benzene rings is 2. The van der Waals surface area contributed by atoms with Gasteiger partial charge in [0, 0.05) is 30.8 Å². The molecule has 12 heteroatoms. The largest absolute Gasteiger partial charge is 0.334 e. The summed E-state index contributed by atoms with van der Waals surface area (Å²) in [5.74, 6) is -2.09. The van der Waals surface area contributed by atoms with E-state index in [-0.39, 0.29) is 29.0 Å². The first-order chi connectivity index (χ1) is 17.9. The Morgan fingerprint density at radius 2 is 1.89 bits per heavy atom. The Balaban J connectivity index is 1.40. The van der Waals surface area contributed by atoms with Crippen LogP contribution in [-0.4, -0.2) is 61.0 Å². The highest BCUT2D eigenvalue weighted by Gasteiger charge is 2.60. The van der Waals surface area contributed by atoms with Gasteiger partial charge in [0.25, 0.3) is 5.91 Å². The van der Waals surface area contributed by atoms with Gasteiger partial charge in [-0.05, 0) is 55.5 Å². The van der Waals surface area contributed by atoms with Crippen LogP contribution in [0.25, 0.3) is 0 Å². The second-order valence-electron chi connectivity index (χ2n) is 10.2. The maximum Gasteiger partial charge on any atom is 0.325 e. The number of carbonyl (C=O) groups is 4. The predicted molar refractivity (Wildman–Crippen MR) is 138 cm³/mol. The van der Waals surface area contributed by atoms with Crippen LogP contribution >= 0.6 is 10.6 Å². The van der Waals surface area contributed by atoms with Crippen molar-refractivity contribution >= 4 is 40.0 Å². The molecule has 1 unspecified atom stereocenters. The third kappa shape index (κ3) is 4.63. The number of hydrogen-bond acceptors (Lipinski definition) is 6. The molecule has 1 aliphatic carbocycles. The monoisotopic (exact) mass is 544 g/mol. The highest BCUT2D eigenvalue weighted by molar-refractivity contribution is 8.24. The summed E-state index contributed by atoms with van der Waals surface area (Å²) in [6.45, 7) is 2.90. The second kappa shape index (κ2) is 9.37. The molecule has 3 aliphatic rings. The van der Waals surface area contributed by atoms with Crippen molar-refractivity contribution in [2.45, 2.75) is 49.7 Å². The fourth-order valence-electron chi connectivity index (χ4n) is 5.24. The van der Waals surface area contributed by atoms with Crippen molar-refractivity contribution in [3.63, 3.8) is 0 Å². The molecule has 2 aromatic rings. The number of hydrogen-bond donors (Lipinski definition) is 4. The normalized spacial score (nSPS) is 23.1. The Kier molecular flexibility index (Phi) is 6.44. The topological polar surface area (TPSA) is 139 Å². The lowest BCUT2D eigenvalue weighted by atomic mass is 9.92. The van der Waals surface area contributed by atoms with Crippen molar-refractivity contribution in [2.24, 2.45) is 5.92 Å². The van der Waals surface area contributed by atoms with Crippen molar-refractivity contribution in [1.82, 2.24) is 15.1 Å². The number of urea groups is 1. The number of amides is 5. The van der Waals surface area contributed by atoms with Gasteiger partial charge in [-0.15, -0.1) is 0 Å². The van der Waals surface area contributed by atoms with Gasteiger partial charge in [0.1, 0.15) is 12.4 Å². The number of halogens is 1. The molecule has 1 spiro atoms. The van der Waals surface area contributed by atoms with E-state index in [0.29, 0.717) is 11.6 Å². The Bertz CT molecular complexity index is 1330. The zero-order valence-electron chi connectivity index (χ0n) is 20.9. The van der Waals surface area contributed by atoms with Gasteiger partial charge in [0.05, 0.1) is 10.6 Å². The highest BCUT2D eigenvalue weighted by Crippen LogP contribution is 2.62. The third-order valence-corrected chi connectivity index (χ3v) is 9.26. The molecule has 2 fully saturated rings. The first-order valence-corrected chi connectivity index (χ1v) is 14.0. The van der Waals surface area contributed by atoms with Crippen LogP contribution in [0, 0.1) is 11.7 Å². The van der Waals surface area contributed by atoms with Crippen LogP contribution in [0.4, 0.5) is 14.9 Å². The molecule has 2 heterocycles. The molecule has 0 radical (unpaired) electrons. The van der Waals surface area contributed by atoms with Crippen molar-refractivity contribution in [3.05, 3.63) is 59.4 Å². The first kappa shape index (κ1) is 26.1. The minimum absolute atomic E-state index is 0.0610. The number of fused-ring (bicyclic) bond motifs is 2. The van der Waals surface area contributed by atoms with E-state index in [1.807, 2.05) is 6.92 Å². The molecule has 5 amide bonds. The van der Waals surface area contributed by atoms with E-state index >= 15 is 0 Å². The van der Waals surface area contributed by atoms with Gasteiger partial charge in [0.15, 0.2) is 5.54 Å². The molecule has 0 aromatic heterocycles. The minimum atomic E-state index is -3.48. The predicted octanol–water partition coefficient (Wildman–Crippen LogP) is 3.48. The van der Waals surface area contributed by atoms with Crippen LogP contribution in [0.2, 0.25) is 0 Å². The van der Waals surface area contributed by atoms with Gasteiger partial charge < -0.3 is 15.5 Å². The molecule has 38 heavy (non-hydrogen) atoms. The summed E-state index contributed by atoms with van der Waals surface area (Å²) in [6.07, 6.45) is 1.94. The second-order valence-corrected chi connectivity index (χ2v) is 12.2. The van der Waals surface area contributed by atoms with Crippen molar-refractivity contribution in [1.29, 1.82) is 0 Å². The number of anilines is 1. The molecular formula is C26H29FN4O6S. The summed E-state index contributed by atoms with van der Waals surface area (Å²) in [7, 11) is -3.48. The van der Waals surface area contributed by atoms with Gasteiger partial charge in [-0.1, -0.05) is 18.2 Å². The maximum absolute atomic E-state index is 13.7. The molecule has 0 bridgehead atoms. The fraction of sp³-hybridized carbons (Fsp3) is 0.385. The van der Waals surface area contributed by atoms with Crippen LogP contribution in [0.15, 0.2) is 47.4 Å². The Morgan fingerprint density at radius 1 is 1.21 bits per heavy atom. The van der Waals surface area contributed by atoms with Gasteiger partial charge in [0.2, 0.25) is 11.8 Å². The zero-order chi connectivity index (χ0) is 27.4. The lowest BCUT2D eigenvalue weighted by Gasteiger charge is -2.31. The van der Waals surface area contributed by atoms with E-state index in [2.05, 4.69) is 10.6 Å². The average Bonchev–Trinajstić information content (AvgIpc) is 3.64. The summed E-state index contributed by atoms with van der Waals surface area (Å²) in [4.78, 5) is 54.1. The average molecular weight is 545 g/mol. The van der Waals surface area contributed by atoms with Gasteiger partial charge in [-0.2, -0.15) is 10.6 Å². The van der Waals surface area contributed by atoms with Crippen LogP contribution in [0.5, 0.6) is 0 Å². The molecule has 2 aromatic carbocycles. The van der Waals surface area contributed by atoms with E-state index in [1.165, 1.54) is 37.3 Å². The van der Waals surface area contributed by atoms with E-state index < -0.39 is 52.1 Å². The zero-order valence-corrected chi connectivity index (χ0v) is 21.8. The van der Waals surface area contributed by atoms with Crippen LogP contribution in [-0.2, 0) is 26.5 Å². The van der Waals surface area contributed by atoms with Crippen LogP contribution in [0.1, 0.15) is 37.8 Å². The smallest absolute Gasteiger partial charge is 0.325 e. The Labute approximate surface area is 220 Å². The van der Waals surface area contributed by atoms with Gasteiger partial charge >= 0.3 is 6.03 Å². The lowest BCUT2D eigenvalue weighted by Crippen LogP contribution is -2.48. The molecule has 1 saturated heterocycles. The molecule has 1 saturated carbocycles. The standard InChI is InChI=1S/C26H29FN4O6S/c1-15(18-5-6-18)30(12-17-3-7-19(27)8-4-17)23(33)13-31-24(34)26(29-25(31)35)14-38(36,37)22-11-20(28-16(2)32)9-10-21(22)26/h3-4,7-11,15,18,36-37H,5-6,12-14H2,1-2H3,(H,28,32)(H,29,35)/t15-,26?/m0/s1. The summed E-state index contributed by atoms with van der Waals surface area (Å²) >= 11 is 0. The van der Waals surface area contributed by atoms with E-state index in [4.69, 9.17) is 0 Å². The molecule has 10 nitrogen and oxygen atoms in total. The summed E-state index contributed by atoms with van der Waals surface area (Å²) in [6, 6.07) is 9.23. The van der Waals surface area contributed by atoms with Crippen LogP contribution < -0.4 is 10.6 Å². The van der Waals surface area contributed by atoms with Crippen molar-refractivity contribution in [3.8, 4) is 0 Å². The van der Waals surface area contributed by atoms with Crippen LogP contribution in [0.3, 0.4) is 0 Å². The number of nitrogens with zero attached hydrogens (tertiary/aromatic N) is 2. The molecule has 5 rings (SSSR count). The molecule has 2 atom stereocenters. The Morgan fingerprint density at radius 3 is 2.53 bits per heavy atom. The maximum atomic E-state index is 13.7. The molecule has 202 valence electrons. The summed E-state index contributed by atoms with van der Waals surface area (Å²) in [5.41, 5.74) is -0.476. The number of nitrogens with one attached hydrogen (secondary N) is 2. The minimum Gasteiger partial charge on any atom is -0.334 e. The lowest BCUT2D eigenvalue weighted by molar-refractivity contribution is -0.140. The Hall–Kier alpha value is -3.48. The fourth-order valence-corrected chi connectivity index (χ4v) is 7.26. The van der Waals surface area contributed by atoms with Crippen molar-refractivity contribution < 1.29 is 32.7 Å². The molecular weight excluding hydrogens is 515 g/mol. The molecule has 2 aliphatic heterocycles. The van der Waals surface area contributed by atoms with Crippen molar-refractivity contribution in [2.75, 3.05) is 17.6 Å². The third-order valence-electron chi connectivity index (χ3n) is 7.38. The van der Waals surface area contributed by atoms with E-state index in [0.717, 1.165) is 23.3 Å². The number of rotatable bonds is 7. The molecule has 4 N–H and O–H groups in total. The number of imide groups is 1. The summed E-state index contributed by atoms with van der Waals surface area (Å²) in [5, 5.41) is 5.17. The SMILES string of the molecule is CC(=O)Nc1ccc2c(c1)S(O)(O)CC21NC(=O)N(CC(=O)N(Cc2ccc(F)cc2)[C@@H](C)C2CC2)C1=O. The summed E-state index contributed by atoms with van der Waals surface area (Å²) < 4.78 is 35.0. The quantitative estimate of drug-likeness (QED) is 0.394. The van der Waals surface area contributed by atoms with E-state index in [9.17, 15) is 32.7 Å². The highest BCUT2D eigenvalue weighted by atomic mass is 32.3. The first-order valence-electron chi connectivity index (χ1n) is 12.3. The number of carbonyl (C=O) groups excluding carboxylic acids is 4. The van der Waals surface area contributed by atoms with Gasteiger partial charge in [-0.3, -0.25) is 28.4 Å². The van der Waals surface area contributed by atoms with E-state index in [1.54, 1.807) is 17.0 Å². The van der Waals surface area contributed by atoms with Gasteiger partial charge in [-0.25, -0.2) is 9.18 Å².